The van der Waals surface area contributed by atoms with Gasteiger partial charge in [-0.05, 0) is 44.8 Å². The lowest BCUT2D eigenvalue weighted by molar-refractivity contribution is -0.156. The van der Waals surface area contributed by atoms with E-state index in [1.165, 1.54) is 26.0 Å². The number of nitrogens with one attached hydrogen (secondary N) is 4. The molecule has 0 spiro atoms. The van der Waals surface area contributed by atoms with Gasteiger partial charge in [0, 0.05) is 37.8 Å². The molecule has 0 heterocycles. The maximum absolute atomic E-state index is 14.0. The number of carbonyl (C=O) groups excluding carboxylic acids is 6. The fourth-order valence-corrected chi connectivity index (χ4v) is 6.67. The van der Waals surface area contributed by atoms with Crippen molar-refractivity contribution in [3.05, 3.63) is 23.3 Å². The molecule has 2 aliphatic rings. The Labute approximate surface area is 321 Å². The normalized spacial score (nSPS) is 23.4. The molecule has 1 unspecified atom stereocenters. The highest BCUT2D eigenvalue weighted by molar-refractivity contribution is 5.95. The SMILES string of the molecule is CCOC(=O)C1=C[C@@H](OC(CC)CC)[C@H](NC(C)=O)[C@@H](NC(=O)CC(O)(CC(=O)O)C(=O)N[C@H]2CC(C(=O)OCO)=C[C@@H](OC(CC)CC)[C@@H]2NC(C)=O)C1. The molecule has 7 N–H and O–H groups in total. The van der Waals surface area contributed by atoms with Crippen molar-refractivity contribution in [2.75, 3.05) is 13.4 Å². The molecule has 18 heteroatoms. The van der Waals surface area contributed by atoms with Crippen LogP contribution in [0.2, 0.25) is 0 Å². The lowest BCUT2D eigenvalue weighted by atomic mass is 9.85. The molecule has 2 aliphatic carbocycles. The molecule has 0 radical (unpaired) electrons. The molecule has 310 valence electrons. The Kier molecular flexibility index (Phi) is 18.9. The summed E-state index contributed by atoms with van der Waals surface area (Å²) in [6.45, 7) is 10.8. The van der Waals surface area contributed by atoms with Gasteiger partial charge in [-0.2, -0.15) is 0 Å². The van der Waals surface area contributed by atoms with Crippen molar-refractivity contribution in [1.29, 1.82) is 0 Å². The first kappa shape index (κ1) is 46.8. The number of hydrogen-bond acceptors (Lipinski definition) is 13. The van der Waals surface area contributed by atoms with Crippen LogP contribution in [0.25, 0.3) is 0 Å². The second-order valence-corrected chi connectivity index (χ2v) is 13.6. The van der Waals surface area contributed by atoms with Gasteiger partial charge >= 0.3 is 17.9 Å². The number of amides is 4. The first-order valence-electron chi connectivity index (χ1n) is 18.7. The minimum Gasteiger partial charge on any atom is -0.481 e. The summed E-state index contributed by atoms with van der Waals surface area (Å²) in [5.74, 6) is -6.56. The minimum absolute atomic E-state index is 0.0339. The van der Waals surface area contributed by atoms with Crippen molar-refractivity contribution in [2.24, 2.45) is 0 Å². The second kappa shape index (κ2) is 22.2. The predicted molar refractivity (Wildman–Crippen MR) is 195 cm³/mol. The molecule has 0 fully saturated rings. The standard InChI is InChI=1S/C37H58N4O14/c1-8-24(9-2)54-28-15-22(34(48)52-12-5)13-26(32(28)38-20(6)43)40-30(45)17-37(51,18-31(46)47)36(50)41-27-14-23(35(49)53-19-42)16-29(33(27)39-21(7)44)55-25(10-3)11-4/h15-16,24-29,32-33,42,51H,8-14,17-19H2,1-7H3,(H,38,43)(H,39,44)(H,40,45)(H,41,50)(H,46,47)/t26-,27-,28+,29+,32+,33+,37?/m0/s1. The number of carboxylic acids is 1. The smallest absolute Gasteiger partial charge is 0.335 e. The van der Waals surface area contributed by atoms with Crippen molar-refractivity contribution >= 4 is 41.5 Å². The molecule has 0 aromatic rings. The van der Waals surface area contributed by atoms with Gasteiger partial charge in [-0.15, -0.1) is 0 Å². The van der Waals surface area contributed by atoms with Crippen molar-refractivity contribution in [3.8, 4) is 0 Å². The molecule has 0 bridgehead atoms. The van der Waals surface area contributed by atoms with Gasteiger partial charge in [0.1, 0.15) is 0 Å². The van der Waals surface area contributed by atoms with E-state index in [-0.39, 0.29) is 42.8 Å². The number of carbonyl (C=O) groups is 7. The minimum atomic E-state index is -2.89. The van der Waals surface area contributed by atoms with E-state index < -0.39 is 103 Å². The van der Waals surface area contributed by atoms with E-state index in [9.17, 15) is 48.9 Å². The summed E-state index contributed by atoms with van der Waals surface area (Å²) in [7, 11) is 0. The van der Waals surface area contributed by atoms with E-state index in [0.717, 1.165) is 0 Å². The summed E-state index contributed by atoms with van der Waals surface area (Å²) in [6.07, 6.45) is -0.0409. The topological polar surface area (TPSA) is 265 Å². The number of esters is 2. The largest absolute Gasteiger partial charge is 0.481 e. The van der Waals surface area contributed by atoms with Gasteiger partial charge in [-0.3, -0.25) is 24.0 Å². The van der Waals surface area contributed by atoms with Gasteiger partial charge < -0.3 is 55.5 Å². The fourth-order valence-electron chi connectivity index (χ4n) is 6.67. The number of rotatable bonds is 21. The lowest BCUT2D eigenvalue weighted by Gasteiger charge is -2.40. The van der Waals surface area contributed by atoms with Crippen LogP contribution in [-0.2, 0) is 52.5 Å². The Morgan fingerprint density at radius 3 is 1.53 bits per heavy atom. The third kappa shape index (κ3) is 14.0. The monoisotopic (exact) mass is 782 g/mol. The summed E-state index contributed by atoms with van der Waals surface area (Å²) >= 11 is 0. The zero-order valence-electron chi connectivity index (χ0n) is 32.7. The van der Waals surface area contributed by atoms with Crippen LogP contribution < -0.4 is 21.3 Å². The van der Waals surface area contributed by atoms with Crippen LogP contribution in [0.15, 0.2) is 23.3 Å². The summed E-state index contributed by atoms with van der Waals surface area (Å²) in [5.41, 5.74) is -2.77. The molecule has 4 amide bonds. The number of hydrogen-bond donors (Lipinski definition) is 7. The molecular formula is C37H58N4O14. The zero-order chi connectivity index (χ0) is 41.5. The number of aliphatic hydroxyl groups excluding tert-OH is 1. The van der Waals surface area contributed by atoms with E-state index in [4.69, 9.17) is 18.9 Å². The average molecular weight is 783 g/mol. The van der Waals surface area contributed by atoms with Crippen LogP contribution in [0, 0.1) is 0 Å². The van der Waals surface area contributed by atoms with E-state index in [1.54, 1.807) is 6.92 Å². The third-order valence-corrected chi connectivity index (χ3v) is 9.42. The van der Waals surface area contributed by atoms with Crippen LogP contribution >= 0.6 is 0 Å². The van der Waals surface area contributed by atoms with Gasteiger partial charge in [-0.1, -0.05) is 27.7 Å². The van der Waals surface area contributed by atoms with Crippen molar-refractivity contribution in [1.82, 2.24) is 21.3 Å². The first-order valence-corrected chi connectivity index (χ1v) is 18.7. The average Bonchev–Trinajstić information content (AvgIpc) is 3.10. The molecule has 7 atom stereocenters. The molecule has 0 aromatic heterocycles. The van der Waals surface area contributed by atoms with Crippen molar-refractivity contribution in [3.63, 3.8) is 0 Å². The van der Waals surface area contributed by atoms with Crippen LogP contribution in [-0.4, -0.2) is 124 Å². The van der Waals surface area contributed by atoms with E-state index >= 15 is 0 Å². The Morgan fingerprint density at radius 2 is 1.15 bits per heavy atom. The van der Waals surface area contributed by atoms with E-state index in [1.807, 2.05) is 27.7 Å². The Hall–Kier alpha value is -4.39. The first-order chi connectivity index (χ1) is 25.9. The Morgan fingerprint density at radius 1 is 0.709 bits per heavy atom. The highest BCUT2D eigenvalue weighted by atomic mass is 16.6. The highest BCUT2D eigenvalue weighted by Crippen LogP contribution is 2.29. The maximum Gasteiger partial charge on any atom is 0.335 e. The second-order valence-electron chi connectivity index (χ2n) is 13.6. The Bertz CT molecular complexity index is 1440. The molecule has 18 nitrogen and oxygen atoms in total. The summed E-state index contributed by atoms with van der Waals surface area (Å²) in [5, 5.41) is 41.3. The molecule has 0 aromatic carbocycles. The molecule has 0 saturated heterocycles. The van der Waals surface area contributed by atoms with Crippen LogP contribution in [0.1, 0.15) is 99.8 Å². The van der Waals surface area contributed by atoms with Gasteiger partial charge in [0.2, 0.25) is 17.7 Å². The number of aliphatic hydroxyl groups is 2. The quantitative estimate of drug-likeness (QED) is 0.0615. The molecular weight excluding hydrogens is 724 g/mol. The van der Waals surface area contributed by atoms with Crippen molar-refractivity contribution < 1.29 is 67.8 Å². The summed E-state index contributed by atoms with van der Waals surface area (Å²) in [6, 6.07) is -4.18. The van der Waals surface area contributed by atoms with Gasteiger partial charge in [0.15, 0.2) is 12.4 Å². The number of aliphatic carboxylic acids is 1. The van der Waals surface area contributed by atoms with Gasteiger partial charge in [-0.25, -0.2) is 9.59 Å². The molecule has 2 rings (SSSR count). The summed E-state index contributed by atoms with van der Waals surface area (Å²) in [4.78, 5) is 90.1. The fraction of sp³-hybridized carbons (Fsp3) is 0.703. The van der Waals surface area contributed by atoms with Crippen LogP contribution in [0.5, 0.6) is 0 Å². The van der Waals surface area contributed by atoms with Gasteiger partial charge in [0.05, 0.1) is 68.0 Å². The number of ether oxygens (including phenoxy) is 4. The van der Waals surface area contributed by atoms with Crippen LogP contribution in [0.3, 0.4) is 0 Å². The summed E-state index contributed by atoms with van der Waals surface area (Å²) < 4.78 is 22.4. The lowest BCUT2D eigenvalue weighted by Crippen LogP contribution is -2.63. The number of carboxylic acid groups (broad SMARTS) is 1. The molecule has 0 saturated carbocycles. The maximum atomic E-state index is 14.0. The predicted octanol–water partition coefficient (Wildman–Crippen LogP) is 0.425. The van der Waals surface area contributed by atoms with E-state index in [2.05, 4.69) is 21.3 Å². The molecule has 55 heavy (non-hydrogen) atoms. The zero-order valence-corrected chi connectivity index (χ0v) is 32.7. The van der Waals surface area contributed by atoms with E-state index in [0.29, 0.717) is 25.7 Å². The highest BCUT2D eigenvalue weighted by Gasteiger charge is 2.46. The third-order valence-electron chi connectivity index (χ3n) is 9.42. The van der Waals surface area contributed by atoms with Gasteiger partial charge in [0.25, 0.3) is 5.91 Å². The van der Waals surface area contributed by atoms with Crippen LogP contribution in [0.4, 0.5) is 0 Å². The molecule has 0 aliphatic heterocycles. The van der Waals surface area contributed by atoms with Crippen molar-refractivity contribution in [2.45, 2.75) is 154 Å². The Balaban J connectivity index is 2.50.